The fourth-order valence-corrected chi connectivity index (χ4v) is 3.18. The second-order valence-corrected chi connectivity index (χ2v) is 6.63. The maximum absolute atomic E-state index is 12.3. The number of rotatable bonds is 8. The molecule has 27 heavy (non-hydrogen) atoms. The van der Waals surface area contributed by atoms with Crippen LogP contribution in [0, 0.1) is 10.1 Å². The molecule has 0 spiro atoms. The van der Waals surface area contributed by atoms with E-state index in [0.717, 1.165) is 6.42 Å². The quantitative estimate of drug-likeness (QED) is 0.324. The Labute approximate surface area is 161 Å². The van der Waals surface area contributed by atoms with Crippen LogP contribution in [-0.2, 0) is 6.54 Å². The second-order valence-electron chi connectivity index (χ2n) is 6.22. The van der Waals surface area contributed by atoms with Crippen molar-refractivity contribution in [2.75, 3.05) is 13.1 Å². The van der Waals surface area contributed by atoms with Gasteiger partial charge in [-0.25, -0.2) is 0 Å². The van der Waals surface area contributed by atoms with Gasteiger partial charge in [0.05, 0.1) is 16.1 Å². The van der Waals surface area contributed by atoms with Crippen LogP contribution in [0.1, 0.15) is 39.1 Å². The Bertz CT molecular complexity index is 865. The van der Waals surface area contributed by atoms with E-state index in [4.69, 9.17) is 11.6 Å². The number of hydrogen-bond acceptors (Lipinski definition) is 5. The van der Waals surface area contributed by atoms with E-state index in [2.05, 4.69) is 5.32 Å². The molecule has 2 amide bonds. The van der Waals surface area contributed by atoms with Crippen molar-refractivity contribution >= 4 is 29.1 Å². The first-order valence-electron chi connectivity index (χ1n) is 8.58. The van der Waals surface area contributed by atoms with Gasteiger partial charge in [-0.2, -0.15) is 0 Å². The molecule has 0 saturated carbocycles. The summed E-state index contributed by atoms with van der Waals surface area (Å²) in [5.74, 6) is -0.487. The normalized spacial score (nSPS) is 13.1. The van der Waals surface area contributed by atoms with Gasteiger partial charge in [0.2, 0.25) is 0 Å². The van der Waals surface area contributed by atoms with Gasteiger partial charge in [-0.05, 0) is 43.1 Å². The number of nitro groups is 1. The summed E-state index contributed by atoms with van der Waals surface area (Å²) in [7, 11) is 0. The fraction of sp³-hybridized carbons (Fsp3) is 0.263. The molecule has 8 heteroatoms. The number of benzene rings is 2. The smallest absolute Gasteiger partial charge is 0.269 e. The van der Waals surface area contributed by atoms with Crippen LogP contribution < -0.4 is 5.32 Å². The molecule has 1 N–H and O–H groups in total. The Hall–Kier alpha value is -2.77. The number of carbonyl (C=O) groups is 2. The highest BCUT2D eigenvalue weighted by Gasteiger charge is 2.34. The molecule has 0 radical (unpaired) electrons. The highest BCUT2D eigenvalue weighted by atomic mass is 35.5. The number of imide groups is 1. The molecular weight excluding hydrogens is 370 g/mol. The monoisotopic (exact) mass is 387 g/mol. The van der Waals surface area contributed by atoms with Gasteiger partial charge in [-0.3, -0.25) is 24.6 Å². The first-order valence-corrected chi connectivity index (χ1v) is 8.95. The zero-order chi connectivity index (χ0) is 19.4. The van der Waals surface area contributed by atoms with Crippen LogP contribution in [0.15, 0.2) is 42.5 Å². The lowest BCUT2D eigenvalue weighted by Crippen LogP contribution is -2.31. The Morgan fingerprint density at radius 1 is 1.04 bits per heavy atom. The number of amides is 2. The summed E-state index contributed by atoms with van der Waals surface area (Å²) in [5, 5.41) is 14.5. The number of fused-ring (bicyclic) bond motifs is 1. The number of hydrogen-bond donors (Lipinski definition) is 1. The maximum atomic E-state index is 12.3. The van der Waals surface area contributed by atoms with Crippen molar-refractivity contribution in [1.82, 2.24) is 10.2 Å². The summed E-state index contributed by atoms with van der Waals surface area (Å²) < 4.78 is 0. The molecule has 2 aromatic carbocycles. The summed E-state index contributed by atoms with van der Waals surface area (Å²) in [6.45, 7) is 1.42. The van der Waals surface area contributed by atoms with Gasteiger partial charge < -0.3 is 5.32 Å². The van der Waals surface area contributed by atoms with Crippen LogP contribution in [0.25, 0.3) is 0 Å². The minimum Gasteiger partial charge on any atom is -0.313 e. The number of halogens is 1. The molecule has 1 aliphatic rings. The standard InChI is InChI=1S/C19H18ClN3O4/c20-17-8-7-14(23(26)27)11-13(17)12-21-9-3-4-10-22-18(24)15-5-1-2-6-16(15)19(22)25/h1-2,5-8,11,21H,3-4,9-10,12H2. The lowest BCUT2D eigenvalue weighted by atomic mass is 10.1. The predicted molar refractivity (Wildman–Crippen MR) is 101 cm³/mol. The van der Waals surface area contributed by atoms with E-state index >= 15 is 0 Å². The number of nitrogens with zero attached hydrogens (tertiary/aromatic N) is 2. The topological polar surface area (TPSA) is 92.6 Å². The number of nitrogens with one attached hydrogen (secondary N) is 1. The van der Waals surface area contributed by atoms with Crippen LogP contribution in [-0.4, -0.2) is 34.7 Å². The Kier molecular flexibility index (Phi) is 5.83. The molecular formula is C19H18ClN3O4. The zero-order valence-electron chi connectivity index (χ0n) is 14.5. The molecule has 0 saturated heterocycles. The molecule has 7 nitrogen and oxygen atoms in total. The van der Waals surface area contributed by atoms with E-state index in [0.29, 0.717) is 47.8 Å². The largest absolute Gasteiger partial charge is 0.313 e. The minimum absolute atomic E-state index is 0.00169. The van der Waals surface area contributed by atoms with Crippen molar-refractivity contribution in [2.24, 2.45) is 0 Å². The van der Waals surface area contributed by atoms with Crippen molar-refractivity contribution in [3.8, 4) is 0 Å². The highest BCUT2D eigenvalue weighted by Crippen LogP contribution is 2.23. The van der Waals surface area contributed by atoms with E-state index in [9.17, 15) is 19.7 Å². The average Bonchev–Trinajstić information content (AvgIpc) is 2.90. The molecule has 0 aromatic heterocycles. The number of non-ortho nitro benzene ring substituents is 1. The number of carbonyl (C=O) groups excluding carboxylic acids is 2. The third-order valence-electron chi connectivity index (χ3n) is 4.42. The van der Waals surface area contributed by atoms with E-state index in [1.165, 1.54) is 23.1 Å². The molecule has 140 valence electrons. The second kappa shape index (κ2) is 8.28. The first-order chi connectivity index (χ1) is 13.0. The molecule has 3 rings (SSSR count). The van der Waals surface area contributed by atoms with E-state index < -0.39 is 4.92 Å². The lowest BCUT2D eigenvalue weighted by Gasteiger charge is -2.13. The van der Waals surface area contributed by atoms with E-state index in [1.807, 2.05) is 0 Å². The van der Waals surface area contributed by atoms with Crippen LogP contribution >= 0.6 is 11.6 Å². The van der Waals surface area contributed by atoms with Crippen molar-refractivity contribution < 1.29 is 14.5 Å². The number of unbranched alkanes of at least 4 members (excludes halogenated alkanes) is 1. The number of nitro benzene ring substituents is 1. The fourth-order valence-electron chi connectivity index (χ4n) is 3.00. The van der Waals surface area contributed by atoms with E-state index in [1.54, 1.807) is 24.3 Å². The molecule has 0 unspecified atom stereocenters. The molecule has 2 aromatic rings. The maximum Gasteiger partial charge on any atom is 0.269 e. The Balaban J connectivity index is 1.43. The summed E-state index contributed by atoms with van der Waals surface area (Å²) >= 11 is 6.06. The lowest BCUT2D eigenvalue weighted by molar-refractivity contribution is -0.384. The van der Waals surface area contributed by atoms with Crippen molar-refractivity contribution in [1.29, 1.82) is 0 Å². The van der Waals surface area contributed by atoms with Gasteiger partial charge in [-0.15, -0.1) is 0 Å². The van der Waals surface area contributed by atoms with Gasteiger partial charge in [-0.1, -0.05) is 23.7 Å². The highest BCUT2D eigenvalue weighted by molar-refractivity contribution is 6.31. The van der Waals surface area contributed by atoms with Gasteiger partial charge in [0.25, 0.3) is 17.5 Å². The first kappa shape index (κ1) is 19.0. The van der Waals surface area contributed by atoms with Gasteiger partial charge in [0.1, 0.15) is 0 Å². The molecule has 0 bridgehead atoms. The third-order valence-corrected chi connectivity index (χ3v) is 4.79. The Morgan fingerprint density at radius 3 is 2.33 bits per heavy atom. The van der Waals surface area contributed by atoms with Crippen LogP contribution in [0.5, 0.6) is 0 Å². The molecule has 1 heterocycles. The predicted octanol–water partition coefficient (Wildman–Crippen LogP) is 3.41. The SMILES string of the molecule is O=C1c2ccccc2C(=O)N1CCCCNCc1cc([N+](=O)[O-])ccc1Cl. The average molecular weight is 388 g/mol. The van der Waals surface area contributed by atoms with Gasteiger partial charge >= 0.3 is 0 Å². The van der Waals surface area contributed by atoms with Crippen LogP contribution in [0.4, 0.5) is 5.69 Å². The summed E-state index contributed by atoms with van der Waals surface area (Å²) in [6, 6.07) is 11.2. The molecule has 1 aliphatic heterocycles. The summed E-state index contributed by atoms with van der Waals surface area (Å²) in [6.07, 6.45) is 1.42. The summed E-state index contributed by atoms with van der Waals surface area (Å²) in [4.78, 5) is 36.2. The summed E-state index contributed by atoms with van der Waals surface area (Å²) in [5.41, 5.74) is 1.58. The minimum atomic E-state index is -0.456. The van der Waals surface area contributed by atoms with Crippen LogP contribution in [0.2, 0.25) is 5.02 Å². The molecule has 0 atom stereocenters. The third kappa shape index (κ3) is 4.15. The zero-order valence-corrected chi connectivity index (χ0v) is 15.2. The van der Waals surface area contributed by atoms with Gasteiger partial charge in [0, 0.05) is 30.2 Å². The van der Waals surface area contributed by atoms with E-state index in [-0.39, 0.29) is 17.5 Å². The van der Waals surface area contributed by atoms with Crippen LogP contribution in [0.3, 0.4) is 0 Å². The van der Waals surface area contributed by atoms with Crippen molar-refractivity contribution in [3.05, 3.63) is 74.3 Å². The van der Waals surface area contributed by atoms with Gasteiger partial charge in [0.15, 0.2) is 0 Å². The Morgan fingerprint density at radius 2 is 1.70 bits per heavy atom. The molecule has 0 aliphatic carbocycles. The molecule has 0 fully saturated rings. The van der Waals surface area contributed by atoms with Crippen molar-refractivity contribution in [3.63, 3.8) is 0 Å². The van der Waals surface area contributed by atoms with Crippen molar-refractivity contribution in [2.45, 2.75) is 19.4 Å².